The lowest BCUT2D eigenvalue weighted by Gasteiger charge is -2.16. The van der Waals surface area contributed by atoms with Crippen LogP contribution in [0.1, 0.15) is 6.92 Å². The molecule has 1 unspecified atom stereocenters. The molecule has 0 bridgehead atoms. The minimum atomic E-state index is -4.42. The molecule has 1 amide bonds. The summed E-state index contributed by atoms with van der Waals surface area (Å²) in [6.07, 6.45) is 0. The van der Waals surface area contributed by atoms with Gasteiger partial charge in [0.2, 0.25) is 5.91 Å². The molecule has 0 radical (unpaired) electrons. The number of nitrogens with one attached hydrogen (secondary N) is 2. The predicted octanol–water partition coefficient (Wildman–Crippen LogP) is -1.25. The van der Waals surface area contributed by atoms with E-state index in [9.17, 15) is 13.2 Å². The quantitative estimate of drug-likeness (QED) is 0.528. The van der Waals surface area contributed by atoms with E-state index >= 15 is 0 Å². The Hall–Kier alpha value is -0.840. The summed E-state index contributed by atoms with van der Waals surface area (Å²) in [6.45, 7) is 1.34. The number of rotatable bonds is 2. The molecule has 1 saturated heterocycles. The lowest BCUT2D eigenvalue weighted by molar-refractivity contribution is -0.119. The van der Waals surface area contributed by atoms with E-state index in [4.69, 9.17) is 4.55 Å². The van der Waals surface area contributed by atoms with E-state index in [1.165, 1.54) is 11.9 Å². The summed E-state index contributed by atoms with van der Waals surface area (Å²) in [5.41, 5.74) is 2.10. The SMILES string of the molecule is CC(=O)NC1SC(=NS(=O)(=O)O)NN1C. The van der Waals surface area contributed by atoms with Gasteiger partial charge in [0.15, 0.2) is 10.7 Å². The van der Waals surface area contributed by atoms with Gasteiger partial charge in [-0.2, -0.15) is 13.4 Å². The van der Waals surface area contributed by atoms with Gasteiger partial charge in [-0.1, -0.05) is 0 Å². The minimum Gasteiger partial charge on any atom is -0.330 e. The van der Waals surface area contributed by atoms with Crippen molar-refractivity contribution < 1.29 is 17.8 Å². The van der Waals surface area contributed by atoms with Crippen LogP contribution in [0.25, 0.3) is 0 Å². The van der Waals surface area contributed by atoms with Crippen LogP contribution in [-0.4, -0.2) is 41.6 Å². The van der Waals surface area contributed by atoms with Crippen molar-refractivity contribution in [1.82, 2.24) is 15.8 Å². The third-order valence-corrected chi connectivity index (χ3v) is 2.96. The van der Waals surface area contributed by atoms with Gasteiger partial charge >= 0.3 is 10.3 Å². The summed E-state index contributed by atoms with van der Waals surface area (Å²) in [5.74, 6) is -0.255. The lowest BCUT2D eigenvalue weighted by atomic mass is 10.7. The molecule has 0 aromatic carbocycles. The minimum absolute atomic E-state index is 0.00116. The van der Waals surface area contributed by atoms with Crippen LogP contribution in [0.2, 0.25) is 0 Å². The molecule has 1 fully saturated rings. The van der Waals surface area contributed by atoms with Gasteiger partial charge in [0.25, 0.3) is 0 Å². The molecule has 0 aromatic heterocycles. The van der Waals surface area contributed by atoms with Gasteiger partial charge in [0, 0.05) is 14.0 Å². The average molecular weight is 254 g/mol. The van der Waals surface area contributed by atoms with E-state index in [-0.39, 0.29) is 11.1 Å². The number of hydrogen-bond acceptors (Lipinski definition) is 5. The largest absolute Gasteiger partial charge is 0.380 e. The smallest absolute Gasteiger partial charge is 0.330 e. The Morgan fingerprint density at radius 1 is 1.73 bits per heavy atom. The maximum atomic E-state index is 10.8. The Bertz CT molecular complexity index is 392. The molecule has 3 N–H and O–H groups in total. The molecule has 0 aromatic rings. The third kappa shape index (κ3) is 4.03. The van der Waals surface area contributed by atoms with Crippen LogP contribution in [0.4, 0.5) is 0 Å². The molecule has 1 heterocycles. The summed E-state index contributed by atoms with van der Waals surface area (Å²) < 4.78 is 32.3. The van der Waals surface area contributed by atoms with E-state index in [1.807, 2.05) is 0 Å². The van der Waals surface area contributed by atoms with Crippen LogP contribution in [-0.2, 0) is 15.1 Å². The average Bonchev–Trinajstić information content (AvgIpc) is 2.26. The molecule has 0 aliphatic carbocycles. The Kier molecular flexibility index (Phi) is 3.54. The van der Waals surface area contributed by atoms with E-state index in [0.717, 1.165) is 11.8 Å². The fraction of sp³-hybridized carbons (Fsp3) is 0.600. The second kappa shape index (κ2) is 4.35. The molecule has 10 heteroatoms. The number of amides is 1. The van der Waals surface area contributed by atoms with Gasteiger partial charge in [0.1, 0.15) is 0 Å². The second-order valence-electron chi connectivity index (χ2n) is 2.74. The van der Waals surface area contributed by atoms with Crippen molar-refractivity contribution in [1.29, 1.82) is 0 Å². The van der Waals surface area contributed by atoms with Gasteiger partial charge in [-0.15, -0.1) is 4.40 Å². The number of carbonyl (C=O) groups is 1. The first-order valence-electron chi connectivity index (χ1n) is 3.78. The molecule has 1 aliphatic rings. The zero-order chi connectivity index (χ0) is 11.6. The van der Waals surface area contributed by atoms with E-state index in [2.05, 4.69) is 15.1 Å². The van der Waals surface area contributed by atoms with Crippen molar-refractivity contribution in [3.8, 4) is 0 Å². The summed E-state index contributed by atoms with van der Waals surface area (Å²) in [4.78, 5) is 10.8. The number of amidine groups is 1. The van der Waals surface area contributed by atoms with E-state index in [0.29, 0.717) is 0 Å². The van der Waals surface area contributed by atoms with Gasteiger partial charge in [-0.25, -0.2) is 0 Å². The summed E-state index contributed by atoms with van der Waals surface area (Å²) in [7, 11) is -2.82. The van der Waals surface area contributed by atoms with Crippen molar-refractivity contribution in [3.63, 3.8) is 0 Å². The highest BCUT2D eigenvalue weighted by Crippen LogP contribution is 2.19. The molecular formula is C5H10N4O4S2. The zero-order valence-electron chi connectivity index (χ0n) is 7.96. The number of carbonyl (C=O) groups excluding carboxylic acids is 1. The van der Waals surface area contributed by atoms with E-state index in [1.54, 1.807) is 7.05 Å². The first kappa shape index (κ1) is 12.2. The van der Waals surface area contributed by atoms with E-state index < -0.39 is 15.8 Å². The van der Waals surface area contributed by atoms with Crippen LogP contribution >= 0.6 is 11.8 Å². The molecule has 1 aliphatic heterocycles. The van der Waals surface area contributed by atoms with Crippen LogP contribution in [0.5, 0.6) is 0 Å². The Labute approximate surface area is 91.0 Å². The van der Waals surface area contributed by atoms with Crippen LogP contribution in [0, 0.1) is 0 Å². The molecular weight excluding hydrogens is 244 g/mol. The third-order valence-electron chi connectivity index (χ3n) is 1.37. The molecule has 0 spiro atoms. The number of thioether (sulfide) groups is 1. The zero-order valence-corrected chi connectivity index (χ0v) is 9.59. The van der Waals surface area contributed by atoms with Crippen molar-refractivity contribution in [3.05, 3.63) is 0 Å². The van der Waals surface area contributed by atoms with Crippen molar-refractivity contribution >= 4 is 33.1 Å². The molecule has 15 heavy (non-hydrogen) atoms. The van der Waals surface area contributed by atoms with Gasteiger partial charge in [-0.05, 0) is 11.8 Å². The standard InChI is InChI=1S/C5H10N4O4S2/c1-3(10)6-5-9(2)7-4(14-5)8-15(11,12)13/h5H,1-2H3,(H,6,10)(H,7,8)(H,11,12,13). The Morgan fingerprint density at radius 3 is 2.80 bits per heavy atom. The topological polar surface area (TPSA) is 111 Å². The van der Waals surface area contributed by atoms with Gasteiger partial charge in [-0.3, -0.25) is 14.8 Å². The Balaban J connectivity index is 2.72. The molecule has 1 rings (SSSR count). The summed E-state index contributed by atoms with van der Waals surface area (Å²) >= 11 is 0.968. The normalized spacial score (nSPS) is 25.3. The number of hydrogen-bond donors (Lipinski definition) is 3. The highest BCUT2D eigenvalue weighted by atomic mass is 32.2. The second-order valence-corrected chi connectivity index (χ2v) is 4.88. The first-order valence-corrected chi connectivity index (χ1v) is 6.06. The van der Waals surface area contributed by atoms with Gasteiger partial charge < -0.3 is 5.32 Å². The molecule has 1 atom stereocenters. The molecule has 8 nitrogen and oxygen atoms in total. The monoisotopic (exact) mass is 254 g/mol. The lowest BCUT2D eigenvalue weighted by Crippen LogP contribution is -2.43. The van der Waals surface area contributed by atoms with Crippen LogP contribution in [0.15, 0.2) is 4.40 Å². The highest BCUT2D eigenvalue weighted by molar-refractivity contribution is 8.15. The predicted molar refractivity (Wildman–Crippen MR) is 55.1 cm³/mol. The maximum absolute atomic E-state index is 10.8. The fourth-order valence-corrected chi connectivity index (χ4v) is 2.42. The number of nitrogens with zero attached hydrogens (tertiary/aromatic N) is 2. The van der Waals surface area contributed by atoms with Crippen molar-refractivity contribution in [2.24, 2.45) is 4.40 Å². The van der Waals surface area contributed by atoms with Gasteiger partial charge in [0.05, 0.1) is 0 Å². The van der Waals surface area contributed by atoms with Crippen LogP contribution in [0.3, 0.4) is 0 Å². The highest BCUT2D eigenvalue weighted by Gasteiger charge is 2.28. The van der Waals surface area contributed by atoms with Crippen LogP contribution < -0.4 is 10.7 Å². The number of hydrazine groups is 1. The fourth-order valence-electron chi connectivity index (χ4n) is 0.868. The maximum Gasteiger partial charge on any atom is 0.380 e. The van der Waals surface area contributed by atoms with Crippen molar-refractivity contribution in [2.75, 3.05) is 7.05 Å². The molecule has 86 valence electrons. The first-order chi connectivity index (χ1) is 6.78. The summed E-state index contributed by atoms with van der Waals surface area (Å²) in [6, 6.07) is 0. The summed E-state index contributed by atoms with van der Waals surface area (Å²) in [5, 5.41) is 3.99. The molecule has 0 saturated carbocycles. The Morgan fingerprint density at radius 2 is 2.33 bits per heavy atom. The van der Waals surface area contributed by atoms with Crippen molar-refractivity contribution in [2.45, 2.75) is 12.4 Å².